The van der Waals surface area contributed by atoms with Crippen LogP contribution in [0.15, 0.2) is 0 Å². The van der Waals surface area contributed by atoms with E-state index in [1.165, 1.54) is 6.92 Å². The molecule has 0 radical (unpaired) electrons. The van der Waals surface area contributed by atoms with Crippen LogP contribution in [0.1, 0.15) is 6.92 Å². The first-order chi connectivity index (χ1) is 4.99. The van der Waals surface area contributed by atoms with Crippen molar-refractivity contribution in [3.63, 3.8) is 0 Å². The first kappa shape index (κ1) is 8.89. The highest BCUT2D eigenvalue weighted by Gasteiger charge is 2.49. The van der Waals surface area contributed by atoms with Gasteiger partial charge >= 0.3 is 0 Å². The minimum absolute atomic E-state index is 0.422. The van der Waals surface area contributed by atoms with Crippen LogP contribution in [0, 0.1) is 0 Å². The van der Waals surface area contributed by atoms with E-state index in [0.717, 1.165) is 0 Å². The van der Waals surface area contributed by atoms with E-state index in [-0.39, 0.29) is 0 Å². The Balaban J connectivity index is 2.69. The van der Waals surface area contributed by atoms with E-state index in [0.29, 0.717) is 0 Å². The fourth-order valence-electron chi connectivity index (χ4n) is 1.11. The fourth-order valence-corrected chi connectivity index (χ4v) is 1.11. The van der Waals surface area contributed by atoms with Crippen LogP contribution in [0.5, 0.6) is 0 Å². The number of aliphatic hydroxyl groups is 4. The molecule has 1 rings (SSSR count). The summed E-state index contributed by atoms with van der Waals surface area (Å²) in [6.07, 6.45) is -3.49. The Morgan fingerprint density at radius 2 is 2.00 bits per heavy atom. The van der Waals surface area contributed by atoms with Crippen molar-refractivity contribution in [3.8, 4) is 0 Å². The Bertz CT molecular complexity index is 146. The van der Waals surface area contributed by atoms with Crippen LogP contribution in [0.2, 0.25) is 0 Å². The van der Waals surface area contributed by atoms with Gasteiger partial charge in [-0.1, -0.05) is 0 Å². The van der Waals surface area contributed by atoms with Gasteiger partial charge in [-0.3, -0.25) is 0 Å². The monoisotopic (exact) mass is 164 g/mol. The van der Waals surface area contributed by atoms with Crippen LogP contribution < -0.4 is 0 Å². The molecular weight excluding hydrogens is 152 g/mol. The quantitative estimate of drug-likeness (QED) is 0.353. The van der Waals surface area contributed by atoms with Crippen LogP contribution in [0.25, 0.3) is 0 Å². The van der Waals surface area contributed by atoms with E-state index in [2.05, 4.69) is 0 Å². The molecule has 0 saturated carbocycles. The molecule has 1 aliphatic rings. The molecule has 11 heavy (non-hydrogen) atoms. The van der Waals surface area contributed by atoms with Gasteiger partial charge in [0.25, 0.3) is 0 Å². The number of rotatable bonds is 1. The standard InChI is InChI=1S/C6H12O5/c1-6(10)5(9)4(8)3(2-7)11-6/h3-5,7-10H,2H2,1H3/t3-,4-,5-,6+/m1/s1. The first-order valence-electron chi connectivity index (χ1n) is 3.36. The molecule has 1 saturated heterocycles. The SMILES string of the molecule is C[C@]1(O)O[C@H](CO)[C@@H](O)[C@H]1O. The lowest BCUT2D eigenvalue weighted by atomic mass is 10.1. The van der Waals surface area contributed by atoms with Crippen molar-refractivity contribution >= 4 is 0 Å². The van der Waals surface area contributed by atoms with Gasteiger partial charge in [0, 0.05) is 0 Å². The van der Waals surface area contributed by atoms with Crippen molar-refractivity contribution in [3.05, 3.63) is 0 Å². The minimum Gasteiger partial charge on any atom is -0.394 e. The van der Waals surface area contributed by atoms with Gasteiger partial charge in [0.15, 0.2) is 5.79 Å². The maximum Gasteiger partial charge on any atom is 0.192 e. The molecule has 0 aliphatic carbocycles. The van der Waals surface area contributed by atoms with Crippen molar-refractivity contribution in [2.24, 2.45) is 0 Å². The average molecular weight is 164 g/mol. The van der Waals surface area contributed by atoms with E-state index < -0.39 is 30.7 Å². The van der Waals surface area contributed by atoms with E-state index >= 15 is 0 Å². The smallest absolute Gasteiger partial charge is 0.192 e. The third-order valence-electron chi connectivity index (χ3n) is 1.82. The van der Waals surface area contributed by atoms with Gasteiger partial charge in [-0.15, -0.1) is 0 Å². The molecular formula is C6H12O5. The number of aliphatic hydroxyl groups excluding tert-OH is 3. The van der Waals surface area contributed by atoms with Crippen LogP contribution in [-0.4, -0.2) is 51.1 Å². The normalized spacial score (nSPS) is 51.5. The van der Waals surface area contributed by atoms with E-state index in [4.69, 9.17) is 20.1 Å². The van der Waals surface area contributed by atoms with Gasteiger partial charge in [0.05, 0.1) is 6.61 Å². The lowest BCUT2D eigenvalue weighted by molar-refractivity contribution is -0.217. The van der Waals surface area contributed by atoms with Crippen LogP contribution in [0.3, 0.4) is 0 Å². The molecule has 0 aromatic carbocycles. The fraction of sp³-hybridized carbons (Fsp3) is 1.00. The molecule has 5 heteroatoms. The maximum absolute atomic E-state index is 9.19. The summed E-state index contributed by atoms with van der Waals surface area (Å²) < 4.78 is 4.73. The Kier molecular flexibility index (Phi) is 2.17. The third kappa shape index (κ3) is 1.38. The summed E-state index contributed by atoms with van der Waals surface area (Å²) in [6.45, 7) is 0.810. The molecule has 1 heterocycles. The van der Waals surface area contributed by atoms with Crippen molar-refractivity contribution in [2.45, 2.75) is 31.0 Å². The average Bonchev–Trinajstić information content (AvgIpc) is 2.13. The summed E-state index contributed by atoms with van der Waals surface area (Å²) in [7, 11) is 0. The molecule has 0 aromatic heterocycles. The molecule has 0 bridgehead atoms. The van der Waals surface area contributed by atoms with Crippen molar-refractivity contribution in [1.29, 1.82) is 0 Å². The lowest BCUT2D eigenvalue weighted by Crippen LogP contribution is -2.40. The van der Waals surface area contributed by atoms with Crippen molar-refractivity contribution in [1.82, 2.24) is 0 Å². The van der Waals surface area contributed by atoms with Gasteiger partial charge < -0.3 is 25.2 Å². The highest BCUT2D eigenvalue weighted by molar-refractivity contribution is 4.92. The van der Waals surface area contributed by atoms with Gasteiger partial charge in [-0.05, 0) is 6.92 Å². The van der Waals surface area contributed by atoms with Crippen molar-refractivity contribution in [2.75, 3.05) is 6.61 Å². The zero-order valence-electron chi connectivity index (χ0n) is 6.14. The summed E-state index contributed by atoms with van der Waals surface area (Å²) in [5.74, 6) is -1.76. The molecule has 4 N–H and O–H groups in total. The number of hydrogen-bond donors (Lipinski definition) is 4. The topological polar surface area (TPSA) is 90.2 Å². The van der Waals surface area contributed by atoms with Crippen LogP contribution in [-0.2, 0) is 4.74 Å². The van der Waals surface area contributed by atoms with E-state index in [1.807, 2.05) is 0 Å². The molecule has 4 atom stereocenters. The van der Waals surface area contributed by atoms with Gasteiger partial charge in [-0.2, -0.15) is 0 Å². The summed E-state index contributed by atoms with van der Waals surface area (Å²) in [4.78, 5) is 0. The second kappa shape index (κ2) is 2.69. The zero-order valence-corrected chi connectivity index (χ0v) is 6.14. The van der Waals surface area contributed by atoms with E-state index in [9.17, 15) is 5.11 Å². The Labute approximate surface area is 63.8 Å². The summed E-state index contributed by atoms with van der Waals surface area (Å²) >= 11 is 0. The predicted octanol–water partition coefficient (Wildman–Crippen LogP) is -2.19. The lowest BCUT2D eigenvalue weighted by Gasteiger charge is -2.19. The summed E-state index contributed by atoms with van der Waals surface area (Å²) in [6, 6.07) is 0. The highest BCUT2D eigenvalue weighted by Crippen LogP contribution is 2.27. The summed E-state index contributed by atoms with van der Waals surface area (Å²) in [5, 5.41) is 36.0. The largest absolute Gasteiger partial charge is 0.394 e. The summed E-state index contributed by atoms with van der Waals surface area (Å²) in [5.41, 5.74) is 0. The molecule has 0 spiro atoms. The second-order valence-corrected chi connectivity index (χ2v) is 2.83. The number of hydrogen-bond acceptors (Lipinski definition) is 5. The molecule has 5 nitrogen and oxygen atoms in total. The van der Waals surface area contributed by atoms with Crippen LogP contribution >= 0.6 is 0 Å². The van der Waals surface area contributed by atoms with Gasteiger partial charge in [0.1, 0.15) is 18.3 Å². The third-order valence-corrected chi connectivity index (χ3v) is 1.82. The van der Waals surface area contributed by atoms with Gasteiger partial charge in [0.2, 0.25) is 0 Å². The molecule has 1 fully saturated rings. The highest BCUT2D eigenvalue weighted by atomic mass is 16.7. The molecule has 66 valence electrons. The Morgan fingerprint density at radius 1 is 1.45 bits per heavy atom. The van der Waals surface area contributed by atoms with E-state index in [1.54, 1.807) is 0 Å². The Morgan fingerprint density at radius 3 is 2.18 bits per heavy atom. The molecule has 0 amide bonds. The second-order valence-electron chi connectivity index (χ2n) is 2.83. The number of ether oxygens (including phenoxy) is 1. The van der Waals surface area contributed by atoms with Crippen molar-refractivity contribution < 1.29 is 25.2 Å². The molecule has 0 aromatic rings. The van der Waals surface area contributed by atoms with Gasteiger partial charge in [-0.25, -0.2) is 0 Å². The zero-order chi connectivity index (χ0) is 8.65. The first-order valence-corrected chi connectivity index (χ1v) is 3.36. The Hall–Kier alpha value is -0.200. The molecule has 0 unspecified atom stereocenters. The molecule has 1 aliphatic heterocycles. The minimum atomic E-state index is -1.76. The maximum atomic E-state index is 9.19. The van der Waals surface area contributed by atoms with Crippen LogP contribution in [0.4, 0.5) is 0 Å². The predicted molar refractivity (Wildman–Crippen MR) is 34.6 cm³/mol.